The number of carbonyl (C=O) groups excluding carboxylic acids is 5. The number of oxime groups is 1. The van der Waals surface area contributed by atoms with Crippen LogP contribution in [-0.4, -0.2) is 71.7 Å². The highest BCUT2D eigenvalue weighted by Gasteiger charge is 2.50. The van der Waals surface area contributed by atoms with E-state index in [1.54, 1.807) is 0 Å². The first-order valence-electron chi connectivity index (χ1n) is 10.6. The van der Waals surface area contributed by atoms with E-state index >= 15 is 0 Å². The summed E-state index contributed by atoms with van der Waals surface area (Å²) in [6, 6.07) is 3.42. The molecule has 4 atom stereocenters. The van der Waals surface area contributed by atoms with E-state index in [-0.39, 0.29) is 11.4 Å². The molecule has 2 rings (SSSR count). The Hall–Kier alpha value is -4.76. The Morgan fingerprint density at radius 3 is 2.08 bits per heavy atom. The Labute approximate surface area is 209 Å². The van der Waals surface area contributed by atoms with Crippen molar-refractivity contribution < 1.29 is 52.7 Å². The van der Waals surface area contributed by atoms with Crippen molar-refractivity contribution in [2.24, 2.45) is 5.16 Å². The van der Waals surface area contributed by atoms with E-state index in [2.05, 4.69) is 15.8 Å². The summed E-state index contributed by atoms with van der Waals surface area (Å²) < 4.78 is 21.1. The molecule has 1 aliphatic heterocycles. The summed E-state index contributed by atoms with van der Waals surface area (Å²) in [6.07, 6.45) is -5.19. The molecule has 0 radical (unpaired) electrons. The number of hydrogen-bond acceptors (Lipinski definition) is 13. The lowest BCUT2D eigenvalue weighted by molar-refractivity contribution is -0.384. The maximum Gasteiger partial charge on any atom is 0.437 e. The molecule has 0 aromatic heterocycles. The van der Waals surface area contributed by atoms with Crippen molar-refractivity contribution in [3.63, 3.8) is 0 Å². The van der Waals surface area contributed by atoms with Crippen molar-refractivity contribution in [2.45, 2.75) is 52.0 Å². The SMILES string of the molecule is CC(=O)N[C@@H]1/C(=N\OC(=O)Nc2ccc([N+](=O)[O-])cc2)O[C@H](COC(C)=O)[C@@H](OC(C)=O)[C@@H]1OC(C)=O. The summed E-state index contributed by atoms with van der Waals surface area (Å²) in [6.45, 7) is 3.92. The van der Waals surface area contributed by atoms with Gasteiger partial charge in [-0.2, -0.15) is 0 Å². The monoisotopic (exact) mass is 524 g/mol. The average molecular weight is 524 g/mol. The molecule has 0 saturated carbocycles. The Morgan fingerprint density at radius 1 is 0.973 bits per heavy atom. The number of rotatable bonds is 8. The Bertz CT molecular complexity index is 1090. The average Bonchev–Trinajstić information content (AvgIpc) is 2.79. The quantitative estimate of drug-likeness (QED) is 0.159. The number of benzene rings is 1. The molecular weight excluding hydrogens is 500 g/mol. The number of anilines is 1. The molecule has 1 aliphatic rings. The number of non-ortho nitro benzene ring substituents is 1. The third kappa shape index (κ3) is 8.75. The molecule has 16 heteroatoms. The van der Waals surface area contributed by atoms with Gasteiger partial charge in [0.1, 0.15) is 12.6 Å². The van der Waals surface area contributed by atoms with Crippen LogP contribution in [0.4, 0.5) is 16.2 Å². The molecule has 1 heterocycles. The first-order chi connectivity index (χ1) is 17.4. The molecule has 1 saturated heterocycles. The summed E-state index contributed by atoms with van der Waals surface area (Å²) in [7, 11) is 0. The highest BCUT2D eigenvalue weighted by Crippen LogP contribution is 2.25. The molecule has 37 heavy (non-hydrogen) atoms. The zero-order chi connectivity index (χ0) is 27.7. The minimum atomic E-state index is -1.42. The van der Waals surface area contributed by atoms with Crippen molar-refractivity contribution in [3.8, 4) is 0 Å². The zero-order valence-corrected chi connectivity index (χ0v) is 20.1. The van der Waals surface area contributed by atoms with Gasteiger partial charge in [0.2, 0.25) is 5.91 Å². The number of nitro benzene ring substituents is 1. The molecule has 2 amide bonds. The first-order valence-corrected chi connectivity index (χ1v) is 10.6. The smallest absolute Gasteiger partial charge is 0.437 e. The summed E-state index contributed by atoms with van der Waals surface area (Å²) in [4.78, 5) is 73.9. The highest BCUT2D eigenvalue weighted by atomic mass is 16.7. The predicted molar refractivity (Wildman–Crippen MR) is 121 cm³/mol. The summed E-state index contributed by atoms with van der Waals surface area (Å²) in [5.74, 6) is -3.41. The van der Waals surface area contributed by atoms with Crippen LogP contribution in [0.5, 0.6) is 0 Å². The van der Waals surface area contributed by atoms with Crippen LogP contribution in [0.2, 0.25) is 0 Å². The number of esters is 3. The fourth-order valence-corrected chi connectivity index (χ4v) is 3.16. The van der Waals surface area contributed by atoms with Gasteiger partial charge in [0.15, 0.2) is 18.3 Å². The summed E-state index contributed by atoms with van der Waals surface area (Å²) >= 11 is 0. The van der Waals surface area contributed by atoms with Gasteiger partial charge in [0, 0.05) is 45.5 Å². The van der Waals surface area contributed by atoms with E-state index in [1.807, 2.05) is 0 Å². The Balaban J connectivity index is 2.34. The van der Waals surface area contributed by atoms with E-state index in [0.717, 1.165) is 39.8 Å². The van der Waals surface area contributed by atoms with Gasteiger partial charge in [-0.25, -0.2) is 4.79 Å². The second-order valence-corrected chi connectivity index (χ2v) is 7.52. The zero-order valence-electron chi connectivity index (χ0n) is 20.1. The maximum absolute atomic E-state index is 12.2. The van der Waals surface area contributed by atoms with E-state index in [1.165, 1.54) is 12.1 Å². The second kappa shape index (κ2) is 12.8. The van der Waals surface area contributed by atoms with E-state index in [0.29, 0.717) is 0 Å². The lowest BCUT2D eigenvalue weighted by Crippen LogP contribution is -2.64. The normalized spacial score (nSPS) is 21.6. The van der Waals surface area contributed by atoms with Gasteiger partial charge in [-0.15, -0.1) is 0 Å². The van der Waals surface area contributed by atoms with Gasteiger partial charge in [0.05, 0.1) is 4.92 Å². The molecule has 0 bridgehead atoms. The van der Waals surface area contributed by atoms with Crippen molar-refractivity contribution in [3.05, 3.63) is 34.4 Å². The molecule has 1 aromatic carbocycles. The highest BCUT2D eigenvalue weighted by molar-refractivity contribution is 5.90. The van der Waals surface area contributed by atoms with E-state index in [4.69, 9.17) is 23.8 Å². The van der Waals surface area contributed by atoms with Crippen LogP contribution < -0.4 is 10.6 Å². The fraction of sp³-hybridized carbons (Fsp3) is 0.429. The largest absolute Gasteiger partial charge is 0.466 e. The van der Waals surface area contributed by atoms with Gasteiger partial charge < -0.3 is 24.3 Å². The Kier molecular flexibility index (Phi) is 9.85. The third-order valence-electron chi connectivity index (χ3n) is 4.51. The van der Waals surface area contributed by atoms with Crippen LogP contribution in [0, 0.1) is 10.1 Å². The lowest BCUT2D eigenvalue weighted by Gasteiger charge is -2.41. The standard InChI is InChI=1S/C21H24N4O12/c1-10(26)22-17-19(35-13(4)29)18(34-12(3)28)16(9-33-11(2)27)36-20(17)24-37-21(30)23-14-5-7-15(8-6-14)25(31)32/h5-8,16-19H,9H2,1-4H3,(H,22,26)(H,23,30)/b24-20+/t16-,17+,18-,19-/m1/s1. The molecule has 2 N–H and O–H groups in total. The number of nitro groups is 1. The van der Waals surface area contributed by atoms with Crippen molar-refractivity contribution in [1.82, 2.24) is 5.32 Å². The van der Waals surface area contributed by atoms with Crippen LogP contribution in [0.3, 0.4) is 0 Å². The minimum absolute atomic E-state index is 0.138. The number of nitrogens with one attached hydrogen (secondary N) is 2. The molecule has 0 aliphatic carbocycles. The van der Waals surface area contributed by atoms with Crippen molar-refractivity contribution in [2.75, 3.05) is 11.9 Å². The van der Waals surface area contributed by atoms with Gasteiger partial charge in [-0.3, -0.25) is 39.4 Å². The third-order valence-corrected chi connectivity index (χ3v) is 4.51. The molecular formula is C21H24N4O12. The molecule has 16 nitrogen and oxygen atoms in total. The summed E-state index contributed by atoms with van der Waals surface area (Å²) in [5, 5.41) is 19.0. The van der Waals surface area contributed by atoms with Gasteiger partial charge in [-0.1, -0.05) is 0 Å². The van der Waals surface area contributed by atoms with Crippen LogP contribution in [0.25, 0.3) is 0 Å². The lowest BCUT2D eigenvalue weighted by atomic mass is 9.96. The molecule has 1 aromatic rings. The first kappa shape index (κ1) is 28.5. The van der Waals surface area contributed by atoms with Crippen LogP contribution in [-0.2, 0) is 43.0 Å². The maximum atomic E-state index is 12.2. The van der Waals surface area contributed by atoms with Gasteiger partial charge >= 0.3 is 24.0 Å². The second-order valence-electron chi connectivity index (χ2n) is 7.52. The van der Waals surface area contributed by atoms with Crippen molar-refractivity contribution in [1.29, 1.82) is 0 Å². The number of amides is 2. The minimum Gasteiger partial charge on any atom is -0.466 e. The van der Waals surface area contributed by atoms with Crippen molar-refractivity contribution >= 4 is 47.2 Å². The molecule has 1 fully saturated rings. The summed E-state index contributed by atoms with van der Waals surface area (Å²) in [5.41, 5.74) is -0.0650. The number of nitrogens with zero attached hydrogens (tertiary/aromatic N) is 2. The Morgan fingerprint density at radius 2 is 1.57 bits per heavy atom. The van der Waals surface area contributed by atoms with Crippen LogP contribution >= 0.6 is 0 Å². The fourth-order valence-electron chi connectivity index (χ4n) is 3.16. The number of carbonyl (C=O) groups is 5. The van der Waals surface area contributed by atoms with E-state index < -0.39 is 71.7 Å². The molecule has 0 unspecified atom stereocenters. The van der Waals surface area contributed by atoms with Crippen LogP contribution in [0.15, 0.2) is 29.4 Å². The van der Waals surface area contributed by atoms with Crippen LogP contribution in [0.1, 0.15) is 27.7 Å². The van der Waals surface area contributed by atoms with E-state index in [9.17, 15) is 34.1 Å². The molecule has 0 spiro atoms. The predicted octanol–water partition coefficient (Wildman–Crippen LogP) is 0.787. The van der Waals surface area contributed by atoms with Gasteiger partial charge in [0.25, 0.3) is 11.6 Å². The van der Waals surface area contributed by atoms with Gasteiger partial charge in [-0.05, 0) is 17.3 Å². The number of ether oxygens (including phenoxy) is 4. The topological polar surface area (TPSA) is 211 Å². The number of hydrogen-bond donors (Lipinski definition) is 2. The molecule has 200 valence electrons.